The van der Waals surface area contributed by atoms with E-state index in [1.807, 2.05) is 6.26 Å². The molecule has 0 unspecified atom stereocenters. The Morgan fingerprint density at radius 2 is 1.35 bits per heavy atom. The van der Waals surface area contributed by atoms with Crippen molar-refractivity contribution in [3.63, 3.8) is 0 Å². The van der Waals surface area contributed by atoms with Crippen molar-refractivity contribution < 1.29 is 4.42 Å². The van der Waals surface area contributed by atoms with E-state index in [0.717, 1.165) is 18.8 Å². The van der Waals surface area contributed by atoms with Crippen LogP contribution in [0.4, 0.5) is 0 Å². The molecule has 0 bridgehead atoms. The highest BCUT2D eigenvalue weighted by Crippen LogP contribution is 2.24. The van der Waals surface area contributed by atoms with Crippen molar-refractivity contribution in [2.75, 3.05) is 26.2 Å². The normalized spacial score (nSPS) is 19.7. The largest absolute Gasteiger partial charge is 0.467 e. The summed E-state index contributed by atoms with van der Waals surface area (Å²) in [4.78, 5) is 5.02. The maximum Gasteiger partial charge on any atom is 0.118 e. The highest BCUT2D eigenvalue weighted by Gasteiger charge is 2.14. The van der Waals surface area contributed by atoms with E-state index in [9.17, 15) is 0 Å². The van der Waals surface area contributed by atoms with Crippen LogP contribution in [0.15, 0.2) is 41.0 Å². The van der Waals surface area contributed by atoms with Crippen LogP contribution in [0.1, 0.15) is 37.0 Å². The molecular formula is C20H26N2O. The monoisotopic (exact) mass is 310 g/mol. The van der Waals surface area contributed by atoms with Crippen LogP contribution in [-0.2, 0) is 13.1 Å². The Kier molecular flexibility index (Phi) is 4.49. The summed E-state index contributed by atoms with van der Waals surface area (Å²) in [5.41, 5.74) is 3.87. The lowest BCUT2D eigenvalue weighted by molar-refractivity contribution is 0.297. The van der Waals surface area contributed by atoms with Crippen molar-refractivity contribution in [1.29, 1.82) is 0 Å². The number of hydrogen-bond acceptors (Lipinski definition) is 3. The van der Waals surface area contributed by atoms with Crippen LogP contribution in [-0.4, -0.2) is 36.0 Å². The third kappa shape index (κ3) is 3.67. The summed E-state index contributed by atoms with van der Waals surface area (Å²) < 4.78 is 5.77. The Bertz CT molecular complexity index is 619. The highest BCUT2D eigenvalue weighted by atomic mass is 16.3. The molecule has 2 aliphatic rings. The molecule has 0 spiro atoms. The Hall–Kier alpha value is -1.58. The first-order valence-electron chi connectivity index (χ1n) is 8.98. The molecule has 0 aliphatic carbocycles. The summed E-state index contributed by atoms with van der Waals surface area (Å²) in [5.74, 6) is 1.09. The summed E-state index contributed by atoms with van der Waals surface area (Å²) in [6.07, 6.45) is 7.26. The van der Waals surface area contributed by atoms with Gasteiger partial charge < -0.3 is 4.42 Å². The van der Waals surface area contributed by atoms with Gasteiger partial charge in [0.15, 0.2) is 0 Å². The Balaban J connectivity index is 1.40. The summed E-state index contributed by atoms with van der Waals surface area (Å²) in [6.45, 7) is 6.97. The zero-order valence-corrected chi connectivity index (χ0v) is 13.8. The molecule has 122 valence electrons. The lowest BCUT2D eigenvalue weighted by Crippen LogP contribution is -2.18. The van der Waals surface area contributed by atoms with Crippen molar-refractivity contribution in [1.82, 2.24) is 9.80 Å². The molecule has 2 aliphatic heterocycles. The van der Waals surface area contributed by atoms with Crippen molar-refractivity contribution in [3.05, 3.63) is 47.9 Å². The highest BCUT2D eigenvalue weighted by molar-refractivity contribution is 5.63. The number of hydrogen-bond donors (Lipinski definition) is 0. The van der Waals surface area contributed by atoms with Gasteiger partial charge in [0.25, 0.3) is 0 Å². The molecule has 4 rings (SSSR count). The predicted molar refractivity (Wildman–Crippen MR) is 93.2 cm³/mol. The van der Waals surface area contributed by atoms with E-state index in [-0.39, 0.29) is 0 Å². The van der Waals surface area contributed by atoms with Crippen LogP contribution in [0.3, 0.4) is 0 Å². The van der Waals surface area contributed by atoms with Crippen LogP contribution in [0.2, 0.25) is 0 Å². The van der Waals surface area contributed by atoms with Crippen molar-refractivity contribution in [2.45, 2.75) is 38.8 Å². The summed E-state index contributed by atoms with van der Waals surface area (Å²) in [6, 6.07) is 11.2. The van der Waals surface area contributed by atoms with Crippen molar-refractivity contribution in [3.8, 4) is 11.1 Å². The molecule has 2 aromatic rings. The van der Waals surface area contributed by atoms with Gasteiger partial charge in [-0.25, -0.2) is 0 Å². The zero-order valence-electron chi connectivity index (χ0n) is 13.8. The average Bonchev–Trinajstić information content (AvgIpc) is 3.31. The van der Waals surface area contributed by atoms with Crippen LogP contribution in [0, 0.1) is 0 Å². The van der Waals surface area contributed by atoms with Crippen molar-refractivity contribution in [2.24, 2.45) is 0 Å². The molecule has 0 radical (unpaired) electrons. The lowest BCUT2D eigenvalue weighted by atomic mass is 10.1. The van der Waals surface area contributed by atoms with Gasteiger partial charge in [-0.15, -0.1) is 0 Å². The van der Waals surface area contributed by atoms with Gasteiger partial charge >= 0.3 is 0 Å². The molecule has 0 atom stereocenters. The lowest BCUT2D eigenvalue weighted by Gasteiger charge is -2.14. The maximum atomic E-state index is 5.77. The quantitative estimate of drug-likeness (QED) is 0.827. The smallest absolute Gasteiger partial charge is 0.118 e. The topological polar surface area (TPSA) is 19.6 Å². The average molecular weight is 310 g/mol. The molecule has 2 saturated heterocycles. The van der Waals surface area contributed by atoms with Gasteiger partial charge in [0.2, 0.25) is 0 Å². The van der Waals surface area contributed by atoms with Crippen LogP contribution in [0.5, 0.6) is 0 Å². The van der Waals surface area contributed by atoms with Crippen LogP contribution >= 0.6 is 0 Å². The van der Waals surface area contributed by atoms with E-state index in [0.29, 0.717) is 0 Å². The van der Waals surface area contributed by atoms with Gasteiger partial charge in [0.05, 0.1) is 12.8 Å². The minimum atomic E-state index is 0.951. The standard InChI is InChI=1S/C20H26N2O/c1-2-10-21(9-1)14-17-5-7-18(8-6-17)19-13-20(23-16-19)15-22-11-3-4-12-22/h5-8,13,16H,1-4,9-12,14-15H2. The predicted octanol–water partition coefficient (Wildman–Crippen LogP) is 4.14. The molecule has 3 nitrogen and oxygen atoms in total. The molecule has 2 fully saturated rings. The van der Waals surface area contributed by atoms with Gasteiger partial charge in [-0.05, 0) is 69.1 Å². The van der Waals surface area contributed by atoms with Gasteiger partial charge in [0, 0.05) is 12.1 Å². The second kappa shape index (κ2) is 6.90. The molecule has 1 aromatic heterocycles. The number of nitrogens with zero attached hydrogens (tertiary/aromatic N) is 2. The molecule has 23 heavy (non-hydrogen) atoms. The third-order valence-electron chi connectivity index (χ3n) is 5.12. The van der Waals surface area contributed by atoms with Gasteiger partial charge in [-0.3, -0.25) is 9.80 Å². The Labute approximate surface area is 138 Å². The number of furan rings is 1. The SMILES string of the molecule is c1cc(-c2coc(CN3CCCC3)c2)ccc1CN1CCCC1. The Morgan fingerprint density at radius 1 is 0.739 bits per heavy atom. The van der Waals surface area contributed by atoms with Crippen LogP contribution < -0.4 is 0 Å². The van der Waals surface area contributed by atoms with Crippen LogP contribution in [0.25, 0.3) is 11.1 Å². The minimum absolute atomic E-state index is 0.951. The first-order valence-corrected chi connectivity index (χ1v) is 8.98. The molecule has 3 heterocycles. The number of benzene rings is 1. The fourth-order valence-corrected chi connectivity index (χ4v) is 3.78. The molecule has 0 amide bonds. The molecular weight excluding hydrogens is 284 g/mol. The first-order chi connectivity index (χ1) is 11.4. The summed E-state index contributed by atoms with van der Waals surface area (Å²) in [5, 5.41) is 0. The second-order valence-corrected chi connectivity index (χ2v) is 6.97. The summed E-state index contributed by atoms with van der Waals surface area (Å²) >= 11 is 0. The van der Waals surface area contributed by atoms with Crippen molar-refractivity contribution >= 4 is 0 Å². The molecule has 3 heteroatoms. The van der Waals surface area contributed by atoms with E-state index in [2.05, 4.69) is 40.1 Å². The zero-order chi connectivity index (χ0) is 15.5. The van der Waals surface area contributed by atoms with E-state index in [1.165, 1.54) is 68.6 Å². The van der Waals surface area contributed by atoms with E-state index in [4.69, 9.17) is 4.42 Å². The molecule has 0 saturated carbocycles. The van der Waals surface area contributed by atoms with Gasteiger partial charge in [0.1, 0.15) is 5.76 Å². The molecule has 1 aromatic carbocycles. The summed E-state index contributed by atoms with van der Waals surface area (Å²) in [7, 11) is 0. The van der Waals surface area contributed by atoms with E-state index < -0.39 is 0 Å². The number of likely N-dealkylation sites (tertiary alicyclic amines) is 2. The Morgan fingerprint density at radius 3 is 2.00 bits per heavy atom. The molecule has 0 N–H and O–H groups in total. The maximum absolute atomic E-state index is 5.77. The fraction of sp³-hybridized carbons (Fsp3) is 0.500. The van der Waals surface area contributed by atoms with Gasteiger partial charge in [-0.2, -0.15) is 0 Å². The number of rotatable bonds is 5. The van der Waals surface area contributed by atoms with Gasteiger partial charge in [-0.1, -0.05) is 24.3 Å². The second-order valence-electron chi connectivity index (χ2n) is 6.97. The van der Waals surface area contributed by atoms with E-state index in [1.54, 1.807) is 0 Å². The minimum Gasteiger partial charge on any atom is -0.467 e. The van der Waals surface area contributed by atoms with E-state index >= 15 is 0 Å². The fourth-order valence-electron chi connectivity index (χ4n) is 3.78. The third-order valence-corrected chi connectivity index (χ3v) is 5.12. The first kappa shape index (κ1) is 15.0.